The molecule has 0 bridgehead atoms. The fraction of sp³-hybridized carbons (Fsp3) is 0.222. The van der Waals surface area contributed by atoms with Gasteiger partial charge in [-0.25, -0.2) is 0 Å². The highest BCUT2D eigenvalue weighted by Gasteiger charge is 2.08. The Labute approximate surface area is 140 Å². The molecule has 0 unspecified atom stereocenters. The molecule has 126 valence electrons. The zero-order valence-electron chi connectivity index (χ0n) is 13.7. The van der Waals surface area contributed by atoms with Crippen LogP contribution in [-0.4, -0.2) is 26.0 Å². The molecular weight excluding hydrogens is 308 g/mol. The fourth-order valence-electron chi connectivity index (χ4n) is 2.02. The van der Waals surface area contributed by atoms with Gasteiger partial charge in [-0.15, -0.1) is 0 Å². The van der Waals surface area contributed by atoms with Crippen LogP contribution >= 0.6 is 0 Å². The summed E-state index contributed by atoms with van der Waals surface area (Å²) in [4.78, 5) is 23.7. The van der Waals surface area contributed by atoms with Crippen LogP contribution in [0.15, 0.2) is 48.5 Å². The predicted octanol–water partition coefficient (Wildman–Crippen LogP) is 3.06. The molecule has 24 heavy (non-hydrogen) atoms. The maximum Gasteiger partial charge on any atom is 0.224 e. The monoisotopic (exact) mass is 328 g/mol. The molecule has 0 saturated carbocycles. The van der Waals surface area contributed by atoms with E-state index in [9.17, 15) is 9.59 Å². The molecule has 2 aromatic rings. The zero-order valence-corrected chi connectivity index (χ0v) is 13.7. The molecule has 0 atom stereocenters. The summed E-state index contributed by atoms with van der Waals surface area (Å²) in [6.45, 7) is 0. The summed E-state index contributed by atoms with van der Waals surface area (Å²) in [7, 11) is 3.16. The summed E-state index contributed by atoms with van der Waals surface area (Å²) in [5, 5.41) is 5.47. The molecule has 0 fully saturated rings. The highest BCUT2D eigenvalue weighted by molar-refractivity contribution is 5.96. The van der Waals surface area contributed by atoms with E-state index in [1.165, 1.54) is 0 Å². The van der Waals surface area contributed by atoms with Crippen molar-refractivity contribution in [3.05, 3.63) is 48.5 Å². The summed E-state index contributed by atoms with van der Waals surface area (Å²) in [5.41, 5.74) is 1.33. The third-order valence-electron chi connectivity index (χ3n) is 3.33. The van der Waals surface area contributed by atoms with Crippen LogP contribution in [0.3, 0.4) is 0 Å². The van der Waals surface area contributed by atoms with E-state index in [4.69, 9.17) is 9.47 Å². The Bertz CT molecular complexity index is 620. The topological polar surface area (TPSA) is 76.7 Å². The van der Waals surface area contributed by atoms with Crippen molar-refractivity contribution in [3.8, 4) is 11.5 Å². The molecular formula is C18H20N2O4. The number of rotatable bonds is 7. The average molecular weight is 328 g/mol. The van der Waals surface area contributed by atoms with Gasteiger partial charge in [-0.1, -0.05) is 0 Å². The zero-order chi connectivity index (χ0) is 17.4. The van der Waals surface area contributed by atoms with E-state index >= 15 is 0 Å². The van der Waals surface area contributed by atoms with Gasteiger partial charge in [0.1, 0.15) is 11.5 Å². The van der Waals surface area contributed by atoms with Gasteiger partial charge < -0.3 is 20.1 Å². The molecule has 2 N–H and O–H groups in total. The first kappa shape index (κ1) is 17.3. The largest absolute Gasteiger partial charge is 0.497 e. The fourth-order valence-corrected chi connectivity index (χ4v) is 2.02. The van der Waals surface area contributed by atoms with E-state index in [0.29, 0.717) is 22.9 Å². The molecule has 6 nitrogen and oxygen atoms in total. The Hall–Kier alpha value is -3.02. The van der Waals surface area contributed by atoms with Crippen LogP contribution in [0.25, 0.3) is 0 Å². The molecule has 2 aromatic carbocycles. The Balaban J connectivity index is 1.76. The van der Waals surface area contributed by atoms with Crippen molar-refractivity contribution >= 4 is 23.2 Å². The van der Waals surface area contributed by atoms with Crippen molar-refractivity contribution in [1.82, 2.24) is 0 Å². The minimum Gasteiger partial charge on any atom is -0.497 e. The molecule has 0 radical (unpaired) electrons. The van der Waals surface area contributed by atoms with E-state index in [1.54, 1.807) is 62.8 Å². The molecule has 0 saturated heterocycles. The molecule has 0 aromatic heterocycles. The van der Waals surface area contributed by atoms with Gasteiger partial charge in [0.2, 0.25) is 11.8 Å². The van der Waals surface area contributed by atoms with E-state index < -0.39 is 0 Å². The lowest BCUT2D eigenvalue weighted by Crippen LogP contribution is -2.17. The Morgan fingerprint density at radius 1 is 0.708 bits per heavy atom. The van der Waals surface area contributed by atoms with E-state index in [-0.39, 0.29) is 24.7 Å². The van der Waals surface area contributed by atoms with Gasteiger partial charge in [0.25, 0.3) is 0 Å². The predicted molar refractivity (Wildman–Crippen MR) is 92.5 cm³/mol. The number of amides is 2. The number of anilines is 2. The van der Waals surface area contributed by atoms with Crippen molar-refractivity contribution in [3.63, 3.8) is 0 Å². The van der Waals surface area contributed by atoms with Crippen molar-refractivity contribution in [2.45, 2.75) is 12.8 Å². The van der Waals surface area contributed by atoms with Gasteiger partial charge in [-0.05, 0) is 48.5 Å². The number of carbonyl (C=O) groups excluding carboxylic acids is 2. The van der Waals surface area contributed by atoms with E-state index in [2.05, 4.69) is 10.6 Å². The van der Waals surface area contributed by atoms with Gasteiger partial charge in [-0.3, -0.25) is 9.59 Å². The lowest BCUT2D eigenvalue weighted by Gasteiger charge is -2.08. The van der Waals surface area contributed by atoms with Gasteiger partial charge >= 0.3 is 0 Å². The summed E-state index contributed by atoms with van der Waals surface area (Å²) < 4.78 is 10.1. The average Bonchev–Trinajstić information content (AvgIpc) is 2.61. The maximum atomic E-state index is 11.9. The highest BCUT2D eigenvalue weighted by Crippen LogP contribution is 2.16. The molecule has 0 aliphatic carbocycles. The van der Waals surface area contributed by atoms with Crippen molar-refractivity contribution in [1.29, 1.82) is 0 Å². The van der Waals surface area contributed by atoms with Crippen LogP contribution in [0.4, 0.5) is 11.4 Å². The first-order valence-electron chi connectivity index (χ1n) is 7.48. The van der Waals surface area contributed by atoms with E-state index in [0.717, 1.165) is 0 Å². The quantitative estimate of drug-likeness (QED) is 0.819. The molecule has 6 heteroatoms. The van der Waals surface area contributed by atoms with Gasteiger partial charge in [0.05, 0.1) is 14.2 Å². The Morgan fingerprint density at radius 3 is 1.33 bits per heavy atom. The maximum absolute atomic E-state index is 11.9. The van der Waals surface area contributed by atoms with Crippen LogP contribution in [0, 0.1) is 0 Å². The first-order valence-corrected chi connectivity index (χ1v) is 7.48. The third kappa shape index (κ3) is 5.31. The summed E-state index contributed by atoms with van der Waals surface area (Å²) in [6, 6.07) is 14.0. The third-order valence-corrected chi connectivity index (χ3v) is 3.33. The van der Waals surface area contributed by atoms with Crippen LogP contribution in [0.2, 0.25) is 0 Å². The second-order valence-electron chi connectivity index (χ2n) is 5.05. The smallest absolute Gasteiger partial charge is 0.224 e. The lowest BCUT2D eigenvalue weighted by molar-refractivity contribution is -0.121. The number of methoxy groups -OCH3 is 2. The number of ether oxygens (including phenoxy) is 2. The minimum atomic E-state index is -0.218. The SMILES string of the molecule is COc1ccc(NC(=O)CCC(=O)Nc2ccc(OC)cc2)cc1. The number of nitrogens with one attached hydrogen (secondary N) is 2. The number of benzene rings is 2. The second kappa shape index (κ2) is 8.57. The second-order valence-corrected chi connectivity index (χ2v) is 5.05. The van der Waals surface area contributed by atoms with Crippen molar-refractivity contribution in [2.24, 2.45) is 0 Å². The highest BCUT2D eigenvalue weighted by atomic mass is 16.5. The summed E-state index contributed by atoms with van der Waals surface area (Å²) in [5.74, 6) is 0.994. The van der Waals surface area contributed by atoms with Crippen LogP contribution in [-0.2, 0) is 9.59 Å². The number of carbonyl (C=O) groups is 2. The minimum absolute atomic E-state index is 0.105. The van der Waals surface area contributed by atoms with Gasteiger partial charge in [-0.2, -0.15) is 0 Å². The standard InChI is InChI=1S/C18H20N2O4/c1-23-15-7-3-13(4-8-15)19-17(21)11-12-18(22)20-14-5-9-16(24-2)10-6-14/h3-10H,11-12H2,1-2H3,(H,19,21)(H,20,22). The van der Waals surface area contributed by atoms with E-state index in [1.807, 2.05) is 0 Å². The van der Waals surface area contributed by atoms with Gasteiger partial charge in [0, 0.05) is 24.2 Å². The number of hydrogen-bond donors (Lipinski definition) is 2. The summed E-state index contributed by atoms with van der Waals surface area (Å²) >= 11 is 0. The Kier molecular flexibility index (Phi) is 6.19. The first-order chi connectivity index (χ1) is 11.6. The molecule has 0 heterocycles. The lowest BCUT2D eigenvalue weighted by atomic mass is 10.2. The molecule has 2 rings (SSSR count). The molecule has 0 aliphatic heterocycles. The van der Waals surface area contributed by atoms with Crippen LogP contribution < -0.4 is 20.1 Å². The Morgan fingerprint density at radius 2 is 1.04 bits per heavy atom. The molecule has 0 spiro atoms. The van der Waals surface area contributed by atoms with Crippen LogP contribution in [0.1, 0.15) is 12.8 Å². The number of hydrogen-bond acceptors (Lipinski definition) is 4. The van der Waals surface area contributed by atoms with Crippen molar-refractivity contribution < 1.29 is 19.1 Å². The van der Waals surface area contributed by atoms with Crippen molar-refractivity contribution in [2.75, 3.05) is 24.9 Å². The van der Waals surface area contributed by atoms with Crippen LogP contribution in [0.5, 0.6) is 11.5 Å². The molecule has 2 amide bonds. The molecule has 0 aliphatic rings. The normalized spacial score (nSPS) is 9.92. The summed E-state index contributed by atoms with van der Waals surface area (Å²) in [6.07, 6.45) is 0.210. The van der Waals surface area contributed by atoms with Gasteiger partial charge in [0.15, 0.2) is 0 Å².